The fraction of sp³-hybridized carbons (Fsp3) is 0.167. The van der Waals surface area contributed by atoms with Crippen LogP contribution in [0.1, 0.15) is 17.4 Å². The number of aromatic nitrogens is 2. The topological polar surface area (TPSA) is 55.1 Å². The predicted octanol–water partition coefficient (Wildman–Crippen LogP) is 2.27. The van der Waals surface area contributed by atoms with Crippen LogP contribution in [0.5, 0.6) is 0 Å². The van der Waals surface area contributed by atoms with E-state index in [1.165, 1.54) is 12.5 Å². The Morgan fingerprint density at radius 1 is 1.69 bits per heavy atom. The van der Waals surface area contributed by atoms with E-state index in [0.717, 1.165) is 5.57 Å². The van der Waals surface area contributed by atoms with E-state index in [0.29, 0.717) is 6.54 Å². The average Bonchev–Trinajstić information content (AvgIpc) is 2.67. The summed E-state index contributed by atoms with van der Waals surface area (Å²) in [5.74, 6) is -1.01. The van der Waals surface area contributed by atoms with Gasteiger partial charge in [0.1, 0.15) is 0 Å². The summed E-state index contributed by atoms with van der Waals surface area (Å²) in [6, 6.07) is 0. The lowest BCUT2D eigenvalue weighted by molar-refractivity contribution is 0.0691. The number of hydrogen-bond acceptors (Lipinski definition) is 2. The zero-order valence-electron chi connectivity index (χ0n) is 9.13. The highest BCUT2D eigenvalue weighted by Gasteiger charge is 2.06. The average molecular weight is 218 g/mol. The molecule has 1 N–H and O–H groups in total. The molecule has 4 nitrogen and oxygen atoms in total. The summed E-state index contributed by atoms with van der Waals surface area (Å²) in [5, 5.41) is 8.72. The minimum absolute atomic E-state index is 0.0541. The number of rotatable bonds is 5. The molecule has 0 radical (unpaired) electrons. The summed E-state index contributed by atoms with van der Waals surface area (Å²) < 4.78 is 1.72. The summed E-state index contributed by atoms with van der Waals surface area (Å²) in [6.07, 6.45) is 10.4. The van der Waals surface area contributed by atoms with E-state index in [-0.39, 0.29) is 5.69 Å². The van der Waals surface area contributed by atoms with E-state index in [9.17, 15) is 4.79 Å². The van der Waals surface area contributed by atoms with Gasteiger partial charge in [0, 0.05) is 12.7 Å². The van der Waals surface area contributed by atoms with Gasteiger partial charge in [0.25, 0.3) is 0 Å². The Hall–Kier alpha value is -2.10. The Labute approximate surface area is 94.2 Å². The molecule has 0 amide bonds. The van der Waals surface area contributed by atoms with E-state index < -0.39 is 5.97 Å². The molecule has 1 aromatic heterocycles. The molecular formula is C12H14N2O2. The Morgan fingerprint density at radius 3 is 2.94 bits per heavy atom. The van der Waals surface area contributed by atoms with Crippen molar-refractivity contribution in [3.63, 3.8) is 0 Å². The van der Waals surface area contributed by atoms with Crippen molar-refractivity contribution in [2.45, 2.75) is 13.5 Å². The number of nitrogens with zero attached hydrogens (tertiary/aromatic N) is 2. The Balaban J connectivity index is 2.81. The first-order valence-corrected chi connectivity index (χ1v) is 4.86. The fourth-order valence-electron chi connectivity index (χ4n) is 1.29. The number of carboxylic acid groups (broad SMARTS) is 1. The number of hydrogen-bond donors (Lipinski definition) is 1. The third-order valence-electron chi connectivity index (χ3n) is 1.93. The van der Waals surface area contributed by atoms with Gasteiger partial charge in [-0.15, -0.1) is 0 Å². The van der Waals surface area contributed by atoms with Gasteiger partial charge in [-0.2, -0.15) is 0 Å². The molecule has 16 heavy (non-hydrogen) atoms. The smallest absolute Gasteiger partial charge is 0.356 e. The van der Waals surface area contributed by atoms with Crippen LogP contribution in [0.2, 0.25) is 0 Å². The van der Waals surface area contributed by atoms with Gasteiger partial charge < -0.3 is 9.67 Å². The molecule has 0 aliphatic rings. The van der Waals surface area contributed by atoms with Crippen LogP contribution in [-0.4, -0.2) is 20.6 Å². The largest absolute Gasteiger partial charge is 0.476 e. The standard InChI is InChI=1S/C12H14N2O2/c1-3-5-10(6-4-2)7-14-8-11(12(15)16)13-9-14/h3-6,8-9H,1,7H2,2H3,(H,15,16)/b6-4-,10-5+. The highest BCUT2D eigenvalue weighted by atomic mass is 16.4. The van der Waals surface area contributed by atoms with Crippen molar-refractivity contribution in [1.82, 2.24) is 9.55 Å². The van der Waals surface area contributed by atoms with Crippen molar-refractivity contribution >= 4 is 5.97 Å². The van der Waals surface area contributed by atoms with Crippen molar-refractivity contribution in [1.29, 1.82) is 0 Å². The maximum absolute atomic E-state index is 10.6. The molecule has 0 unspecified atom stereocenters. The molecule has 0 saturated carbocycles. The first kappa shape index (κ1) is 12.0. The normalized spacial score (nSPS) is 11.9. The fourth-order valence-corrected chi connectivity index (χ4v) is 1.29. The first-order valence-electron chi connectivity index (χ1n) is 4.86. The van der Waals surface area contributed by atoms with E-state index in [2.05, 4.69) is 11.6 Å². The molecule has 0 aliphatic carbocycles. The summed E-state index contributed by atoms with van der Waals surface area (Å²) in [7, 11) is 0. The molecule has 0 saturated heterocycles. The van der Waals surface area contributed by atoms with Crippen LogP contribution in [0, 0.1) is 0 Å². The lowest BCUT2D eigenvalue weighted by Gasteiger charge is -2.01. The highest BCUT2D eigenvalue weighted by Crippen LogP contribution is 2.04. The summed E-state index contributed by atoms with van der Waals surface area (Å²) in [4.78, 5) is 14.4. The molecule has 0 atom stereocenters. The Kier molecular flexibility index (Phi) is 4.27. The van der Waals surface area contributed by atoms with Crippen LogP contribution in [0.3, 0.4) is 0 Å². The minimum atomic E-state index is -1.01. The van der Waals surface area contributed by atoms with Gasteiger partial charge in [0.05, 0.1) is 6.33 Å². The van der Waals surface area contributed by atoms with E-state index in [4.69, 9.17) is 5.11 Å². The van der Waals surface area contributed by atoms with Crippen molar-refractivity contribution in [3.8, 4) is 0 Å². The molecule has 4 heteroatoms. The lowest BCUT2D eigenvalue weighted by Crippen LogP contribution is -1.98. The molecule has 1 heterocycles. The Morgan fingerprint density at radius 2 is 2.44 bits per heavy atom. The van der Waals surface area contributed by atoms with E-state index >= 15 is 0 Å². The number of carboxylic acids is 1. The van der Waals surface area contributed by atoms with Crippen LogP contribution in [0.15, 0.2) is 49.0 Å². The SMILES string of the molecule is C=C/C=C(\C=C/C)Cn1cnc(C(=O)O)c1. The molecular weight excluding hydrogens is 204 g/mol. The minimum Gasteiger partial charge on any atom is -0.476 e. The molecule has 0 spiro atoms. The zero-order chi connectivity index (χ0) is 12.0. The van der Waals surface area contributed by atoms with Crippen LogP contribution in [0.25, 0.3) is 0 Å². The predicted molar refractivity (Wildman–Crippen MR) is 62.3 cm³/mol. The molecule has 0 aromatic carbocycles. The van der Waals surface area contributed by atoms with E-state index in [1.54, 1.807) is 10.6 Å². The lowest BCUT2D eigenvalue weighted by atomic mass is 10.2. The van der Waals surface area contributed by atoms with Crippen LogP contribution >= 0.6 is 0 Å². The summed E-state index contributed by atoms with van der Waals surface area (Å²) in [5.41, 5.74) is 1.09. The molecule has 0 bridgehead atoms. The van der Waals surface area contributed by atoms with Crippen LogP contribution in [-0.2, 0) is 6.54 Å². The number of aromatic carboxylic acids is 1. The van der Waals surface area contributed by atoms with Gasteiger partial charge in [0.15, 0.2) is 5.69 Å². The molecule has 0 fully saturated rings. The monoisotopic (exact) mass is 218 g/mol. The zero-order valence-corrected chi connectivity index (χ0v) is 9.13. The maximum Gasteiger partial charge on any atom is 0.356 e. The quantitative estimate of drug-likeness (QED) is 0.771. The second-order valence-electron chi connectivity index (χ2n) is 3.21. The van der Waals surface area contributed by atoms with Gasteiger partial charge in [-0.1, -0.05) is 30.9 Å². The van der Waals surface area contributed by atoms with Gasteiger partial charge in [0.2, 0.25) is 0 Å². The maximum atomic E-state index is 10.6. The van der Waals surface area contributed by atoms with Gasteiger partial charge >= 0.3 is 5.97 Å². The summed E-state index contributed by atoms with van der Waals surface area (Å²) >= 11 is 0. The van der Waals surface area contributed by atoms with Crippen molar-refractivity contribution in [2.75, 3.05) is 0 Å². The third kappa shape index (κ3) is 3.24. The molecule has 0 aliphatic heterocycles. The third-order valence-corrected chi connectivity index (χ3v) is 1.93. The van der Waals surface area contributed by atoms with Crippen molar-refractivity contribution in [3.05, 3.63) is 54.7 Å². The van der Waals surface area contributed by atoms with Gasteiger partial charge in [-0.25, -0.2) is 9.78 Å². The number of allylic oxidation sites excluding steroid dienone is 5. The highest BCUT2D eigenvalue weighted by molar-refractivity contribution is 5.84. The first-order chi connectivity index (χ1) is 7.67. The van der Waals surface area contributed by atoms with Crippen LogP contribution < -0.4 is 0 Å². The van der Waals surface area contributed by atoms with Crippen molar-refractivity contribution in [2.24, 2.45) is 0 Å². The molecule has 84 valence electrons. The van der Waals surface area contributed by atoms with E-state index in [1.807, 2.05) is 25.2 Å². The van der Waals surface area contributed by atoms with Crippen molar-refractivity contribution < 1.29 is 9.90 Å². The molecule has 1 aromatic rings. The number of carbonyl (C=O) groups is 1. The molecule has 1 rings (SSSR count). The van der Waals surface area contributed by atoms with Gasteiger partial charge in [-0.05, 0) is 12.5 Å². The van der Waals surface area contributed by atoms with Crippen LogP contribution in [0.4, 0.5) is 0 Å². The second kappa shape index (κ2) is 5.70. The Bertz CT molecular complexity index is 442. The summed E-state index contributed by atoms with van der Waals surface area (Å²) in [6.45, 7) is 6.13. The van der Waals surface area contributed by atoms with Gasteiger partial charge in [-0.3, -0.25) is 0 Å². The second-order valence-corrected chi connectivity index (χ2v) is 3.21. The number of imidazole rings is 1.